The maximum absolute atomic E-state index is 12.8. The highest BCUT2D eigenvalue weighted by atomic mass is 16.6. The summed E-state index contributed by atoms with van der Waals surface area (Å²) in [5, 5.41) is 0. The average molecular weight is 821 g/mol. The second-order valence-corrected chi connectivity index (χ2v) is 18.5. The predicted molar refractivity (Wildman–Crippen MR) is 247 cm³/mol. The van der Waals surface area contributed by atoms with Crippen LogP contribution in [0.15, 0.2) is 0 Å². The lowest BCUT2D eigenvalue weighted by atomic mass is 10.00. The first-order chi connectivity index (χ1) is 28.3. The standard InChI is InChI=1S/C52H100O6/c1-6-8-9-10-11-12-13-14-15-16-17-20-24-27-34-39-44-52(55)58-49(46-57-51(54)43-38-33-29-28-31-36-41-48(5)7-2)45-56-50(53)42-37-32-26-23-21-18-19-22-25-30-35-40-47(3)4/h47-49H,6-46H2,1-5H3/t48?,49-/m1/s1. The molecule has 0 amide bonds. The van der Waals surface area contributed by atoms with Gasteiger partial charge in [0.1, 0.15) is 13.2 Å². The third-order valence-corrected chi connectivity index (χ3v) is 12.1. The highest BCUT2D eigenvalue weighted by molar-refractivity contribution is 5.71. The number of carbonyl (C=O) groups is 3. The summed E-state index contributed by atoms with van der Waals surface area (Å²) in [4.78, 5) is 37.9. The molecule has 344 valence electrons. The van der Waals surface area contributed by atoms with E-state index in [1.54, 1.807) is 0 Å². The van der Waals surface area contributed by atoms with Gasteiger partial charge in [-0.2, -0.15) is 0 Å². The Kier molecular flexibility index (Phi) is 43.7. The highest BCUT2D eigenvalue weighted by Gasteiger charge is 2.19. The average Bonchev–Trinajstić information content (AvgIpc) is 3.21. The number of unbranched alkanes of at least 4 members (excludes halogenated alkanes) is 30. The Morgan fingerprint density at radius 1 is 0.362 bits per heavy atom. The number of esters is 3. The van der Waals surface area contributed by atoms with Crippen LogP contribution in [0.3, 0.4) is 0 Å². The molecule has 1 unspecified atom stereocenters. The second-order valence-electron chi connectivity index (χ2n) is 18.5. The molecule has 6 nitrogen and oxygen atoms in total. The van der Waals surface area contributed by atoms with E-state index in [9.17, 15) is 14.4 Å². The Morgan fingerprint density at radius 3 is 0.983 bits per heavy atom. The molecule has 58 heavy (non-hydrogen) atoms. The van der Waals surface area contributed by atoms with E-state index in [4.69, 9.17) is 14.2 Å². The molecule has 0 rings (SSSR count). The van der Waals surface area contributed by atoms with Crippen LogP contribution in [0.5, 0.6) is 0 Å². The maximum atomic E-state index is 12.8. The van der Waals surface area contributed by atoms with E-state index in [2.05, 4.69) is 34.6 Å². The van der Waals surface area contributed by atoms with Gasteiger partial charge in [0.2, 0.25) is 0 Å². The number of carbonyl (C=O) groups excluding carboxylic acids is 3. The zero-order valence-corrected chi connectivity index (χ0v) is 39.7. The fourth-order valence-corrected chi connectivity index (χ4v) is 7.78. The van der Waals surface area contributed by atoms with E-state index in [0.717, 1.165) is 69.6 Å². The minimum Gasteiger partial charge on any atom is -0.462 e. The lowest BCUT2D eigenvalue weighted by Gasteiger charge is -2.18. The molecule has 0 fully saturated rings. The largest absolute Gasteiger partial charge is 0.462 e. The summed E-state index contributed by atoms with van der Waals surface area (Å²) in [5.41, 5.74) is 0. The lowest BCUT2D eigenvalue weighted by Crippen LogP contribution is -2.30. The minimum atomic E-state index is -0.762. The molecule has 0 aliphatic carbocycles. The Hall–Kier alpha value is -1.59. The molecule has 0 aliphatic rings. The van der Waals surface area contributed by atoms with Gasteiger partial charge in [-0.25, -0.2) is 0 Å². The number of hydrogen-bond donors (Lipinski definition) is 0. The van der Waals surface area contributed by atoms with E-state index in [1.807, 2.05) is 0 Å². The minimum absolute atomic E-state index is 0.0646. The summed E-state index contributed by atoms with van der Waals surface area (Å²) in [5.74, 6) is 0.789. The first kappa shape index (κ1) is 56.4. The van der Waals surface area contributed by atoms with Gasteiger partial charge in [0, 0.05) is 19.3 Å². The Balaban J connectivity index is 4.30. The van der Waals surface area contributed by atoms with Crippen molar-refractivity contribution in [2.75, 3.05) is 13.2 Å². The van der Waals surface area contributed by atoms with Crippen molar-refractivity contribution in [3.8, 4) is 0 Å². The topological polar surface area (TPSA) is 78.9 Å². The zero-order valence-electron chi connectivity index (χ0n) is 39.7. The van der Waals surface area contributed by atoms with Crippen molar-refractivity contribution < 1.29 is 28.6 Å². The van der Waals surface area contributed by atoms with Crippen LogP contribution in [-0.2, 0) is 28.6 Å². The lowest BCUT2D eigenvalue weighted by molar-refractivity contribution is -0.167. The van der Waals surface area contributed by atoms with Gasteiger partial charge in [-0.3, -0.25) is 14.4 Å². The van der Waals surface area contributed by atoms with E-state index >= 15 is 0 Å². The van der Waals surface area contributed by atoms with Gasteiger partial charge in [0.15, 0.2) is 6.10 Å². The molecular weight excluding hydrogens is 721 g/mol. The zero-order chi connectivity index (χ0) is 42.6. The van der Waals surface area contributed by atoms with Crippen LogP contribution in [0.1, 0.15) is 285 Å². The molecule has 0 heterocycles. The van der Waals surface area contributed by atoms with Gasteiger partial charge in [-0.1, -0.05) is 247 Å². The summed E-state index contributed by atoms with van der Waals surface area (Å²) in [6.45, 7) is 11.3. The molecule has 0 bridgehead atoms. The Labute approximate surface area is 361 Å². The van der Waals surface area contributed by atoms with Crippen LogP contribution in [0, 0.1) is 11.8 Å². The van der Waals surface area contributed by atoms with Crippen LogP contribution in [0.25, 0.3) is 0 Å². The van der Waals surface area contributed by atoms with Crippen molar-refractivity contribution in [1.82, 2.24) is 0 Å². The van der Waals surface area contributed by atoms with Gasteiger partial charge in [0.05, 0.1) is 0 Å². The summed E-state index contributed by atoms with van der Waals surface area (Å²) in [6, 6.07) is 0. The first-order valence-electron chi connectivity index (χ1n) is 25.8. The normalized spacial score (nSPS) is 12.5. The first-order valence-corrected chi connectivity index (χ1v) is 25.8. The summed E-state index contributed by atoms with van der Waals surface area (Å²) >= 11 is 0. The monoisotopic (exact) mass is 821 g/mol. The summed E-state index contributed by atoms with van der Waals surface area (Å²) in [6.07, 6.45) is 45.2. The van der Waals surface area contributed by atoms with Gasteiger partial charge in [-0.15, -0.1) is 0 Å². The van der Waals surface area contributed by atoms with Crippen molar-refractivity contribution >= 4 is 17.9 Å². The molecule has 0 aromatic carbocycles. The molecule has 0 spiro atoms. The third kappa shape index (κ3) is 44.0. The number of rotatable bonds is 46. The molecule has 6 heteroatoms. The molecular formula is C52H100O6. The van der Waals surface area contributed by atoms with Gasteiger partial charge in [-0.05, 0) is 31.1 Å². The Bertz CT molecular complexity index is 887. The quantitative estimate of drug-likeness (QED) is 0.0346. The molecule has 0 radical (unpaired) electrons. The van der Waals surface area contributed by atoms with Crippen molar-refractivity contribution in [3.63, 3.8) is 0 Å². The number of ether oxygens (including phenoxy) is 3. The van der Waals surface area contributed by atoms with Gasteiger partial charge >= 0.3 is 17.9 Å². The van der Waals surface area contributed by atoms with Crippen molar-refractivity contribution in [1.29, 1.82) is 0 Å². The Morgan fingerprint density at radius 2 is 0.655 bits per heavy atom. The van der Waals surface area contributed by atoms with E-state index in [-0.39, 0.29) is 31.1 Å². The molecule has 0 saturated heterocycles. The maximum Gasteiger partial charge on any atom is 0.306 e. The van der Waals surface area contributed by atoms with Crippen LogP contribution in [-0.4, -0.2) is 37.2 Å². The van der Waals surface area contributed by atoms with E-state index in [0.29, 0.717) is 19.3 Å². The van der Waals surface area contributed by atoms with Crippen LogP contribution in [0.4, 0.5) is 0 Å². The molecule has 0 saturated carbocycles. The molecule has 0 aliphatic heterocycles. The van der Waals surface area contributed by atoms with E-state index < -0.39 is 6.10 Å². The fourth-order valence-electron chi connectivity index (χ4n) is 7.78. The fraction of sp³-hybridized carbons (Fsp3) is 0.942. The van der Waals surface area contributed by atoms with Crippen LogP contribution < -0.4 is 0 Å². The smallest absolute Gasteiger partial charge is 0.306 e. The van der Waals surface area contributed by atoms with Crippen molar-refractivity contribution in [3.05, 3.63) is 0 Å². The molecule has 2 atom stereocenters. The molecule has 0 aromatic heterocycles. The molecule has 0 N–H and O–H groups in total. The third-order valence-electron chi connectivity index (χ3n) is 12.1. The highest BCUT2D eigenvalue weighted by Crippen LogP contribution is 2.18. The summed E-state index contributed by atoms with van der Waals surface area (Å²) in [7, 11) is 0. The molecule has 0 aromatic rings. The van der Waals surface area contributed by atoms with Gasteiger partial charge < -0.3 is 14.2 Å². The van der Waals surface area contributed by atoms with Gasteiger partial charge in [0.25, 0.3) is 0 Å². The predicted octanol–water partition coefficient (Wildman–Crippen LogP) is 16.5. The van der Waals surface area contributed by atoms with Crippen LogP contribution in [0.2, 0.25) is 0 Å². The SMILES string of the molecule is CCCCCCCCCCCCCCCCCCC(=O)O[C@H](COC(=O)CCCCCCCCCCCCCC(C)C)COC(=O)CCCCCCCCC(C)CC. The summed E-state index contributed by atoms with van der Waals surface area (Å²) < 4.78 is 16.8. The van der Waals surface area contributed by atoms with E-state index in [1.165, 1.54) is 173 Å². The van der Waals surface area contributed by atoms with Crippen LogP contribution >= 0.6 is 0 Å². The number of hydrogen-bond acceptors (Lipinski definition) is 6. The van der Waals surface area contributed by atoms with Crippen molar-refractivity contribution in [2.24, 2.45) is 11.8 Å². The van der Waals surface area contributed by atoms with Crippen molar-refractivity contribution in [2.45, 2.75) is 291 Å². The second kappa shape index (κ2) is 44.9.